The van der Waals surface area contributed by atoms with E-state index in [1.807, 2.05) is 0 Å². The van der Waals surface area contributed by atoms with E-state index >= 15 is 0 Å². The van der Waals surface area contributed by atoms with E-state index in [2.05, 4.69) is 15.9 Å². The predicted molar refractivity (Wildman–Crippen MR) is 59.3 cm³/mol. The molecular weight excluding hydrogens is 265 g/mol. The summed E-state index contributed by atoms with van der Waals surface area (Å²) in [5.74, 6) is -0.0430. The van der Waals surface area contributed by atoms with Crippen molar-refractivity contribution in [1.29, 1.82) is 0 Å². The van der Waals surface area contributed by atoms with Gasteiger partial charge in [0, 0.05) is 11.6 Å². The van der Waals surface area contributed by atoms with Gasteiger partial charge in [0.15, 0.2) is 0 Å². The third-order valence-electron chi connectivity index (χ3n) is 2.08. The number of aliphatic hydroxyl groups excluding tert-OH is 1. The highest BCUT2D eigenvalue weighted by Crippen LogP contribution is 2.30. The van der Waals surface area contributed by atoms with Gasteiger partial charge in [-0.25, -0.2) is 4.39 Å². The fraction of sp³-hybridized carbons (Fsp3) is 0.400. The molecule has 0 amide bonds. The van der Waals surface area contributed by atoms with Gasteiger partial charge in [0.05, 0.1) is 17.7 Å². The number of methoxy groups -OCH3 is 1. The third kappa shape index (κ3) is 2.68. The first-order valence-corrected chi connectivity index (χ1v) is 5.23. The van der Waals surface area contributed by atoms with Crippen molar-refractivity contribution in [1.82, 2.24) is 0 Å². The summed E-state index contributed by atoms with van der Waals surface area (Å²) in [6, 6.07) is 2.39. The van der Waals surface area contributed by atoms with Gasteiger partial charge in [0.25, 0.3) is 0 Å². The van der Waals surface area contributed by atoms with Crippen molar-refractivity contribution in [2.45, 2.75) is 19.1 Å². The van der Waals surface area contributed by atoms with Gasteiger partial charge < -0.3 is 15.6 Å². The van der Waals surface area contributed by atoms with E-state index in [0.29, 0.717) is 5.75 Å². The lowest BCUT2D eigenvalue weighted by atomic mass is 10.0. The minimum atomic E-state index is -1.05. The summed E-state index contributed by atoms with van der Waals surface area (Å²) in [6.07, 6.45) is -1.05. The molecule has 0 saturated carbocycles. The molecule has 1 aromatic rings. The first kappa shape index (κ1) is 12.4. The maximum absolute atomic E-state index is 13.6. The Morgan fingerprint density at radius 1 is 1.53 bits per heavy atom. The minimum Gasteiger partial charge on any atom is -0.497 e. The van der Waals surface area contributed by atoms with E-state index in [4.69, 9.17) is 10.5 Å². The molecule has 0 aliphatic rings. The smallest absolute Gasteiger partial charge is 0.143 e. The summed E-state index contributed by atoms with van der Waals surface area (Å²) in [6.45, 7) is 1.61. The molecular formula is C10H13BrFNO2. The molecule has 3 N–H and O–H groups in total. The van der Waals surface area contributed by atoms with Crippen LogP contribution < -0.4 is 10.5 Å². The van der Waals surface area contributed by atoms with E-state index in [1.165, 1.54) is 19.2 Å². The molecule has 3 nitrogen and oxygen atoms in total. The average molecular weight is 278 g/mol. The molecule has 0 heterocycles. The van der Waals surface area contributed by atoms with Gasteiger partial charge in [0.1, 0.15) is 11.6 Å². The van der Waals surface area contributed by atoms with Crippen molar-refractivity contribution in [2.75, 3.05) is 7.11 Å². The van der Waals surface area contributed by atoms with Gasteiger partial charge in [-0.3, -0.25) is 0 Å². The highest BCUT2D eigenvalue weighted by molar-refractivity contribution is 9.10. The van der Waals surface area contributed by atoms with Crippen LogP contribution in [0.15, 0.2) is 16.6 Å². The summed E-state index contributed by atoms with van der Waals surface area (Å²) >= 11 is 3.05. The molecule has 0 spiro atoms. The zero-order valence-electron chi connectivity index (χ0n) is 8.50. The second kappa shape index (κ2) is 4.92. The molecule has 0 fully saturated rings. The van der Waals surface area contributed by atoms with Crippen LogP contribution in [0.2, 0.25) is 0 Å². The number of rotatable bonds is 3. The van der Waals surface area contributed by atoms with E-state index in [9.17, 15) is 9.50 Å². The maximum atomic E-state index is 13.6. The molecule has 2 atom stereocenters. The zero-order chi connectivity index (χ0) is 11.6. The van der Waals surface area contributed by atoms with Gasteiger partial charge in [-0.15, -0.1) is 0 Å². The highest BCUT2D eigenvalue weighted by Gasteiger charge is 2.19. The quantitative estimate of drug-likeness (QED) is 0.888. The van der Waals surface area contributed by atoms with Crippen molar-refractivity contribution in [3.63, 3.8) is 0 Å². The number of benzene rings is 1. The second-order valence-electron chi connectivity index (χ2n) is 3.32. The summed E-state index contributed by atoms with van der Waals surface area (Å²) in [4.78, 5) is 0. The Labute approximate surface area is 96.2 Å². The number of hydrogen-bond acceptors (Lipinski definition) is 3. The first-order valence-electron chi connectivity index (χ1n) is 4.44. The van der Waals surface area contributed by atoms with Crippen LogP contribution >= 0.6 is 15.9 Å². The summed E-state index contributed by atoms with van der Waals surface area (Å²) in [5.41, 5.74) is 5.64. The van der Waals surface area contributed by atoms with Crippen LogP contribution in [0.3, 0.4) is 0 Å². The Balaban J connectivity index is 3.21. The summed E-state index contributed by atoms with van der Waals surface area (Å²) in [5, 5.41) is 9.68. The largest absolute Gasteiger partial charge is 0.497 e. The van der Waals surface area contributed by atoms with Gasteiger partial charge >= 0.3 is 0 Å². The van der Waals surface area contributed by atoms with Crippen molar-refractivity contribution < 1.29 is 14.2 Å². The van der Waals surface area contributed by atoms with Crippen molar-refractivity contribution in [2.24, 2.45) is 5.73 Å². The number of ether oxygens (including phenoxy) is 1. The van der Waals surface area contributed by atoms with Gasteiger partial charge in [0.2, 0.25) is 0 Å². The lowest BCUT2D eigenvalue weighted by molar-refractivity contribution is 0.148. The van der Waals surface area contributed by atoms with Crippen molar-refractivity contribution in [3.05, 3.63) is 28.0 Å². The van der Waals surface area contributed by atoms with E-state index in [1.54, 1.807) is 6.92 Å². The molecule has 15 heavy (non-hydrogen) atoms. The van der Waals surface area contributed by atoms with Gasteiger partial charge in [-0.1, -0.05) is 0 Å². The lowest BCUT2D eigenvalue weighted by Crippen LogP contribution is -2.25. The molecule has 1 rings (SSSR count). The van der Waals surface area contributed by atoms with Crippen LogP contribution in [0, 0.1) is 5.82 Å². The fourth-order valence-electron chi connectivity index (χ4n) is 1.20. The molecule has 0 bridgehead atoms. The van der Waals surface area contributed by atoms with Crippen LogP contribution in [0.1, 0.15) is 18.6 Å². The molecule has 0 radical (unpaired) electrons. The monoisotopic (exact) mass is 277 g/mol. The Morgan fingerprint density at radius 2 is 2.13 bits per heavy atom. The number of hydrogen-bond donors (Lipinski definition) is 2. The highest BCUT2D eigenvalue weighted by atomic mass is 79.9. The summed E-state index contributed by atoms with van der Waals surface area (Å²) in [7, 11) is 1.47. The maximum Gasteiger partial charge on any atom is 0.143 e. The fourth-order valence-corrected chi connectivity index (χ4v) is 1.66. The lowest BCUT2D eigenvalue weighted by Gasteiger charge is -2.17. The van der Waals surface area contributed by atoms with E-state index in [0.717, 1.165) is 0 Å². The molecule has 0 aromatic heterocycles. The van der Waals surface area contributed by atoms with Crippen LogP contribution in [0.4, 0.5) is 4.39 Å². The van der Waals surface area contributed by atoms with E-state index in [-0.39, 0.29) is 10.0 Å². The number of nitrogens with two attached hydrogens (primary N) is 1. The average Bonchev–Trinajstić information content (AvgIpc) is 2.20. The molecule has 0 saturated heterocycles. The normalized spacial score (nSPS) is 14.8. The van der Waals surface area contributed by atoms with Crippen LogP contribution in [-0.4, -0.2) is 18.3 Å². The Hall–Kier alpha value is -0.650. The SMILES string of the molecule is COc1cc(Br)c(F)c(C(O)C(C)N)c1. The third-order valence-corrected chi connectivity index (χ3v) is 2.66. The summed E-state index contributed by atoms with van der Waals surface area (Å²) < 4.78 is 18.8. The molecule has 84 valence electrons. The van der Waals surface area contributed by atoms with Crippen LogP contribution in [-0.2, 0) is 0 Å². The Kier molecular flexibility index (Phi) is 4.07. The first-order chi connectivity index (χ1) is 6.97. The standard InChI is InChI=1S/C10H13BrFNO2/c1-5(13)10(14)7-3-6(15-2)4-8(11)9(7)12/h3-5,10,14H,13H2,1-2H3. The number of aliphatic hydroxyl groups is 1. The van der Waals surface area contributed by atoms with Crippen LogP contribution in [0.5, 0.6) is 5.75 Å². The molecule has 5 heteroatoms. The Morgan fingerprint density at radius 3 is 2.60 bits per heavy atom. The predicted octanol–water partition coefficient (Wildman–Crippen LogP) is 1.98. The van der Waals surface area contributed by atoms with Crippen molar-refractivity contribution in [3.8, 4) is 5.75 Å². The molecule has 0 aliphatic heterocycles. The van der Waals surface area contributed by atoms with Crippen LogP contribution in [0.25, 0.3) is 0 Å². The van der Waals surface area contributed by atoms with Gasteiger partial charge in [-0.05, 0) is 35.0 Å². The minimum absolute atomic E-state index is 0.135. The Bertz CT molecular complexity index is 358. The molecule has 2 unspecified atom stereocenters. The van der Waals surface area contributed by atoms with Gasteiger partial charge in [-0.2, -0.15) is 0 Å². The van der Waals surface area contributed by atoms with E-state index < -0.39 is 18.0 Å². The topological polar surface area (TPSA) is 55.5 Å². The molecule has 0 aliphatic carbocycles. The zero-order valence-corrected chi connectivity index (χ0v) is 10.1. The second-order valence-corrected chi connectivity index (χ2v) is 4.17. The van der Waals surface area contributed by atoms with Crippen molar-refractivity contribution >= 4 is 15.9 Å². The molecule has 1 aromatic carbocycles. The number of halogens is 2.